The molecular formula is C12H19F2N3O3S. The van der Waals surface area contributed by atoms with Crippen LogP contribution in [0.5, 0.6) is 0 Å². The molecule has 0 spiro atoms. The van der Waals surface area contributed by atoms with Gasteiger partial charge >= 0.3 is 0 Å². The van der Waals surface area contributed by atoms with E-state index in [2.05, 4.69) is 19.8 Å². The molecule has 0 unspecified atom stereocenters. The van der Waals surface area contributed by atoms with Crippen LogP contribution < -0.4 is 10.0 Å². The Hall–Kier alpha value is -1.32. The Kier molecular flexibility index (Phi) is 7.48. The molecule has 6 nitrogen and oxygen atoms in total. The number of nitrogens with zero attached hydrogens (tertiary/aromatic N) is 1. The van der Waals surface area contributed by atoms with E-state index in [9.17, 15) is 17.2 Å². The summed E-state index contributed by atoms with van der Waals surface area (Å²) in [5, 5.41) is 2.86. The van der Waals surface area contributed by atoms with Gasteiger partial charge in [0.05, 0.1) is 12.3 Å². The summed E-state index contributed by atoms with van der Waals surface area (Å²) >= 11 is 0. The number of hydrogen-bond donors (Lipinski definition) is 2. The summed E-state index contributed by atoms with van der Waals surface area (Å²) < 4.78 is 54.8. The molecule has 0 aromatic carbocycles. The number of alkyl halides is 2. The van der Waals surface area contributed by atoms with Crippen LogP contribution in [-0.2, 0) is 14.8 Å². The third-order valence-electron chi connectivity index (χ3n) is 2.37. The van der Waals surface area contributed by atoms with Gasteiger partial charge in [-0.3, -0.25) is 0 Å². The predicted molar refractivity (Wildman–Crippen MR) is 75.0 cm³/mol. The van der Waals surface area contributed by atoms with Gasteiger partial charge in [0, 0.05) is 19.3 Å². The predicted octanol–water partition coefficient (Wildman–Crippen LogP) is 1.46. The topological polar surface area (TPSA) is 80.3 Å². The van der Waals surface area contributed by atoms with Crippen molar-refractivity contribution in [3.8, 4) is 0 Å². The van der Waals surface area contributed by atoms with E-state index in [1.54, 1.807) is 12.1 Å². The zero-order chi connectivity index (χ0) is 15.7. The Morgan fingerprint density at radius 3 is 2.81 bits per heavy atom. The lowest BCUT2D eigenvalue weighted by Crippen LogP contribution is -2.29. The fourth-order valence-electron chi connectivity index (χ4n) is 1.49. The third kappa shape index (κ3) is 6.32. The molecule has 0 fully saturated rings. The number of sulfonamides is 1. The van der Waals surface area contributed by atoms with Crippen LogP contribution in [0.1, 0.15) is 13.3 Å². The summed E-state index contributed by atoms with van der Waals surface area (Å²) in [5.41, 5.74) is 0.403. The standard InChI is InChI=1S/C12H19F2N3O3S/c1-2-5-15-10-4-3-6-16-12(10)21(18,19)17-7-8-20-9-11(13)14/h3-4,6,11,15,17H,2,5,7-9H2,1H3. The lowest BCUT2D eigenvalue weighted by Gasteiger charge is -2.11. The molecule has 0 saturated carbocycles. The van der Waals surface area contributed by atoms with Gasteiger partial charge in [0.1, 0.15) is 6.61 Å². The fourth-order valence-corrected chi connectivity index (χ4v) is 2.61. The van der Waals surface area contributed by atoms with E-state index in [-0.39, 0.29) is 18.2 Å². The van der Waals surface area contributed by atoms with Crippen molar-refractivity contribution in [2.45, 2.75) is 24.8 Å². The molecule has 0 aliphatic rings. The highest BCUT2D eigenvalue weighted by atomic mass is 32.2. The van der Waals surface area contributed by atoms with E-state index in [1.807, 2.05) is 6.92 Å². The van der Waals surface area contributed by atoms with Gasteiger partial charge < -0.3 is 10.1 Å². The van der Waals surface area contributed by atoms with Gasteiger partial charge in [-0.25, -0.2) is 26.9 Å². The summed E-state index contributed by atoms with van der Waals surface area (Å²) in [4.78, 5) is 3.86. The maximum Gasteiger partial charge on any atom is 0.261 e. The SMILES string of the molecule is CCCNc1cccnc1S(=O)(=O)NCCOCC(F)F. The van der Waals surface area contributed by atoms with Crippen LogP contribution in [0, 0.1) is 0 Å². The molecule has 2 N–H and O–H groups in total. The Morgan fingerprint density at radius 2 is 2.14 bits per heavy atom. The molecule has 0 atom stereocenters. The average Bonchev–Trinajstić information content (AvgIpc) is 2.44. The highest BCUT2D eigenvalue weighted by Gasteiger charge is 2.19. The van der Waals surface area contributed by atoms with Crippen molar-refractivity contribution in [1.29, 1.82) is 0 Å². The maximum absolute atomic E-state index is 12.1. The number of pyridine rings is 1. The molecule has 0 aliphatic heterocycles. The Labute approximate surface area is 123 Å². The third-order valence-corrected chi connectivity index (χ3v) is 3.79. The molecule has 21 heavy (non-hydrogen) atoms. The minimum absolute atomic E-state index is 0.0984. The highest BCUT2D eigenvalue weighted by Crippen LogP contribution is 2.17. The molecule has 1 aromatic rings. The lowest BCUT2D eigenvalue weighted by molar-refractivity contribution is 0.0199. The molecule has 1 heterocycles. The van der Waals surface area contributed by atoms with Crippen LogP contribution in [0.4, 0.5) is 14.5 Å². The van der Waals surface area contributed by atoms with E-state index in [1.165, 1.54) is 6.20 Å². The van der Waals surface area contributed by atoms with Crippen LogP contribution in [0.2, 0.25) is 0 Å². The minimum atomic E-state index is -3.81. The molecule has 0 aliphatic carbocycles. The van der Waals surface area contributed by atoms with E-state index >= 15 is 0 Å². The molecule has 9 heteroatoms. The first kappa shape index (κ1) is 17.7. The molecule has 1 rings (SSSR count). The first-order valence-electron chi connectivity index (χ1n) is 6.51. The van der Waals surface area contributed by atoms with E-state index in [4.69, 9.17) is 0 Å². The van der Waals surface area contributed by atoms with Gasteiger partial charge in [-0.1, -0.05) is 6.92 Å². The molecule has 120 valence electrons. The quantitative estimate of drug-likeness (QED) is 0.637. The van der Waals surface area contributed by atoms with E-state index in [0.29, 0.717) is 12.2 Å². The number of nitrogens with one attached hydrogen (secondary N) is 2. The molecule has 1 aromatic heterocycles. The van der Waals surface area contributed by atoms with Crippen LogP contribution in [0.3, 0.4) is 0 Å². The molecule has 0 radical (unpaired) electrons. The number of halogens is 2. The van der Waals surface area contributed by atoms with Gasteiger partial charge in [-0.15, -0.1) is 0 Å². The van der Waals surface area contributed by atoms with Crippen LogP contribution >= 0.6 is 0 Å². The maximum atomic E-state index is 12.1. The lowest BCUT2D eigenvalue weighted by atomic mass is 10.4. The van der Waals surface area contributed by atoms with E-state index in [0.717, 1.165) is 6.42 Å². The average molecular weight is 323 g/mol. The number of ether oxygens (including phenoxy) is 1. The van der Waals surface area contributed by atoms with Gasteiger partial charge in [0.25, 0.3) is 16.4 Å². The second-order valence-electron chi connectivity index (χ2n) is 4.15. The summed E-state index contributed by atoms with van der Waals surface area (Å²) in [6, 6.07) is 3.24. The Morgan fingerprint density at radius 1 is 1.38 bits per heavy atom. The number of hydrogen-bond acceptors (Lipinski definition) is 5. The number of aromatic nitrogens is 1. The van der Waals surface area contributed by atoms with Crippen LogP contribution in [-0.4, -0.2) is 46.1 Å². The fraction of sp³-hybridized carbons (Fsp3) is 0.583. The normalized spacial score (nSPS) is 11.8. The monoisotopic (exact) mass is 323 g/mol. The van der Waals surface area contributed by atoms with Crippen molar-refractivity contribution >= 4 is 15.7 Å². The Bertz CT molecular complexity index is 526. The van der Waals surface area contributed by atoms with Crippen LogP contribution in [0.25, 0.3) is 0 Å². The van der Waals surface area contributed by atoms with Crippen LogP contribution in [0.15, 0.2) is 23.4 Å². The van der Waals surface area contributed by atoms with Gasteiger partial charge in [-0.2, -0.15) is 0 Å². The second kappa shape index (κ2) is 8.85. The van der Waals surface area contributed by atoms with Crippen molar-refractivity contribution in [3.63, 3.8) is 0 Å². The highest BCUT2D eigenvalue weighted by molar-refractivity contribution is 7.89. The van der Waals surface area contributed by atoms with Crippen molar-refractivity contribution in [3.05, 3.63) is 18.3 Å². The second-order valence-corrected chi connectivity index (χ2v) is 5.83. The first-order chi connectivity index (χ1) is 9.97. The zero-order valence-corrected chi connectivity index (χ0v) is 12.5. The van der Waals surface area contributed by atoms with Gasteiger partial charge in [0.15, 0.2) is 5.03 Å². The molecule has 0 bridgehead atoms. The summed E-state index contributed by atoms with van der Waals surface area (Å²) in [7, 11) is -3.81. The number of rotatable bonds is 10. The Balaban J connectivity index is 2.61. The first-order valence-corrected chi connectivity index (χ1v) is 8.00. The van der Waals surface area contributed by atoms with Crippen molar-refractivity contribution < 1.29 is 21.9 Å². The van der Waals surface area contributed by atoms with Gasteiger partial charge in [-0.05, 0) is 18.6 Å². The molecule has 0 saturated heterocycles. The zero-order valence-electron chi connectivity index (χ0n) is 11.7. The van der Waals surface area contributed by atoms with E-state index < -0.39 is 23.1 Å². The smallest absolute Gasteiger partial charge is 0.261 e. The number of anilines is 1. The largest absolute Gasteiger partial charge is 0.383 e. The van der Waals surface area contributed by atoms with Crippen molar-refractivity contribution in [1.82, 2.24) is 9.71 Å². The summed E-state index contributed by atoms with van der Waals surface area (Å²) in [5.74, 6) is 0. The van der Waals surface area contributed by atoms with Crippen molar-refractivity contribution in [2.75, 3.05) is 31.6 Å². The molecule has 0 amide bonds. The van der Waals surface area contributed by atoms with Crippen molar-refractivity contribution in [2.24, 2.45) is 0 Å². The summed E-state index contributed by atoms with van der Waals surface area (Å²) in [6.45, 7) is 1.63. The summed E-state index contributed by atoms with van der Waals surface area (Å²) in [6.07, 6.45) is -0.357. The minimum Gasteiger partial charge on any atom is -0.383 e. The van der Waals surface area contributed by atoms with Gasteiger partial charge in [0.2, 0.25) is 0 Å². The molecular weight excluding hydrogens is 304 g/mol.